The van der Waals surface area contributed by atoms with Crippen molar-refractivity contribution in [2.24, 2.45) is 0 Å². The Bertz CT molecular complexity index is 450. The van der Waals surface area contributed by atoms with E-state index in [4.69, 9.17) is 18.9 Å². The number of carbonyl (C=O) groups is 3. The summed E-state index contributed by atoms with van der Waals surface area (Å²) in [6, 6.07) is 0. The van der Waals surface area contributed by atoms with E-state index in [0.29, 0.717) is 19.3 Å². The van der Waals surface area contributed by atoms with E-state index in [1.54, 1.807) is 0 Å². The standard InChI is InChI=1S/C17H28O8/c1-4-7-12(18)23-11-10-22-17(21)16(25-14(20)9-6-3)15(11)24-13(19)8-5-2/h11,15-17,21H,4-10H2,1-3H3/t11-,15+,16+,17?/m0/s1. The highest BCUT2D eigenvalue weighted by Crippen LogP contribution is 2.24. The lowest BCUT2D eigenvalue weighted by atomic mass is 10.0. The molecular weight excluding hydrogens is 332 g/mol. The van der Waals surface area contributed by atoms with Crippen LogP contribution in [0.1, 0.15) is 59.3 Å². The first-order valence-corrected chi connectivity index (χ1v) is 8.80. The molecule has 1 saturated heterocycles. The lowest BCUT2D eigenvalue weighted by molar-refractivity contribution is -0.268. The molecule has 1 rings (SSSR count). The van der Waals surface area contributed by atoms with Crippen molar-refractivity contribution in [3.63, 3.8) is 0 Å². The van der Waals surface area contributed by atoms with Crippen LogP contribution < -0.4 is 0 Å². The quantitative estimate of drug-likeness (QED) is 0.486. The molecule has 8 heteroatoms. The number of aliphatic hydroxyl groups is 1. The van der Waals surface area contributed by atoms with Crippen molar-refractivity contribution in [1.29, 1.82) is 0 Å². The summed E-state index contributed by atoms with van der Waals surface area (Å²) in [5.41, 5.74) is 0. The summed E-state index contributed by atoms with van der Waals surface area (Å²) in [6.45, 7) is 5.31. The molecule has 0 radical (unpaired) electrons. The van der Waals surface area contributed by atoms with E-state index in [-0.39, 0.29) is 25.9 Å². The van der Waals surface area contributed by atoms with Gasteiger partial charge in [-0.3, -0.25) is 14.4 Å². The summed E-state index contributed by atoms with van der Waals surface area (Å²) in [5.74, 6) is -1.54. The maximum atomic E-state index is 11.9. The van der Waals surface area contributed by atoms with Crippen LogP contribution in [0.5, 0.6) is 0 Å². The third-order valence-corrected chi connectivity index (χ3v) is 3.58. The summed E-state index contributed by atoms with van der Waals surface area (Å²) in [5, 5.41) is 10.0. The third kappa shape index (κ3) is 6.99. The van der Waals surface area contributed by atoms with Crippen LogP contribution in [0.25, 0.3) is 0 Å². The molecule has 8 nitrogen and oxygen atoms in total. The van der Waals surface area contributed by atoms with Gasteiger partial charge < -0.3 is 24.1 Å². The SMILES string of the molecule is CCCC(=O)O[C@@H]1[C@@H](OC(=O)CCC)COC(O)[C@@H]1OC(=O)CCC. The minimum Gasteiger partial charge on any atom is -0.456 e. The van der Waals surface area contributed by atoms with Crippen LogP contribution in [0, 0.1) is 0 Å². The van der Waals surface area contributed by atoms with Crippen molar-refractivity contribution in [2.45, 2.75) is 83.9 Å². The van der Waals surface area contributed by atoms with Gasteiger partial charge in [-0.2, -0.15) is 0 Å². The first kappa shape index (κ1) is 21.4. The average molecular weight is 360 g/mol. The summed E-state index contributed by atoms with van der Waals surface area (Å²) >= 11 is 0. The van der Waals surface area contributed by atoms with Crippen molar-refractivity contribution in [2.75, 3.05) is 6.61 Å². The molecule has 1 unspecified atom stereocenters. The van der Waals surface area contributed by atoms with Crippen LogP contribution in [0.2, 0.25) is 0 Å². The lowest BCUT2D eigenvalue weighted by Crippen LogP contribution is -2.57. The Kier molecular flexibility index (Phi) is 9.44. The Hall–Kier alpha value is -1.67. The van der Waals surface area contributed by atoms with Crippen molar-refractivity contribution in [1.82, 2.24) is 0 Å². The molecule has 0 aromatic rings. The van der Waals surface area contributed by atoms with Gasteiger partial charge in [-0.1, -0.05) is 20.8 Å². The second kappa shape index (κ2) is 11.0. The topological polar surface area (TPSA) is 108 Å². The number of hydrogen-bond donors (Lipinski definition) is 1. The number of rotatable bonds is 9. The van der Waals surface area contributed by atoms with Crippen molar-refractivity contribution < 1.29 is 38.4 Å². The fourth-order valence-corrected chi connectivity index (χ4v) is 2.39. The molecule has 0 amide bonds. The Balaban J connectivity index is 2.91. The molecular formula is C17H28O8. The maximum Gasteiger partial charge on any atom is 0.306 e. The van der Waals surface area contributed by atoms with Crippen LogP contribution in [-0.2, 0) is 33.3 Å². The highest BCUT2D eigenvalue weighted by atomic mass is 16.7. The zero-order valence-corrected chi connectivity index (χ0v) is 15.1. The minimum atomic E-state index is -1.46. The molecule has 0 bridgehead atoms. The minimum absolute atomic E-state index is 0.150. The van der Waals surface area contributed by atoms with Crippen LogP contribution in [0.3, 0.4) is 0 Å². The van der Waals surface area contributed by atoms with Gasteiger partial charge in [0.15, 0.2) is 24.6 Å². The van der Waals surface area contributed by atoms with Gasteiger partial charge >= 0.3 is 17.9 Å². The molecule has 0 aromatic heterocycles. The zero-order valence-electron chi connectivity index (χ0n) is 15.1. The molecule has 1 aliphatic heterocycles. The van der Waals surface area contributed by atoms with Gasteiger partial charge in [0.25, 0.3) is 0 Å². The fraction of sp³-hybridized carbons (Fsp3) is 0.824. The molecule has 4 atom stereocenters. The van der Waals surface area contributed by atoms with E-state index >= 15 is 0 Å². The molecule has 0 aliphatic carbocycles. The number of hydrogen-bond acceptors (Lipinski definition) is 8. The molecule has 0 saturated carbocycles. The average Bonchev–Trinajstić information content (AvgIpc) is 2.54. The van der Waals surface area contributed by atoms with E-state index in [1.807, 2.05) is 20.8 Å². The second-order valence-electron chi connectivity index (χ2n) is 5.91. The summed E-state index contributed by atoms with van der Waals surface area (Å²) in [4.78, 5) is 35.5. The van der Waals surface area contributed by atoms with E-state index < -0.39 is 42.5 Å². The zero-order chi connectivity index (χ0) is 18.8. The number of carbonyl (C=O) groups excluding carboxylic acids is 3. The number of ether oxygens (including phenoxy) is 4. The Morgan fingerprint density at radius 1 is 0.840 bits per heavy atom. The lowest BCUT2D eigenvalue weighted by Gasteiger charge is -2.38. The molecule has 1 heterocycles. The summed E-state index contributed by atoms with van der Waals surface area (Å²) < 4.78 is 21.0. The first-order valence-electron chi connectivity index (χ1n) is 8.80. The van der Waals surface area contributed by atoms with Crippen molar-refractivity contribution in [3.8, 4) is 0 Å². The maximum absolute atomic E-state index is 11.9. The highest BCUT2D eigenvalue weighted by molar-refractivity contribution is 5.71. The third-order valence-electron chi connectivity index (χ3n) is 3.58. The van der Waals surface area contributed by atoms with E-state index in [2.05, 4.69) is 0 Å². The van der Waals surface area contributed by atoms with Gasteiger partial charge in [0, 0.05) is 19.3 Å². The molecule has 1 N–H and O–H groups in total. The van der Waals surface area contributed by atoms with Crippen LogP contribution in [0.15, 0.2) is 0 Å². The van der Waals surface area contributed by atoms with Crippen LogP contribution >= 0.6 is 0 Å². The smallest absolute Gasteiger partial charge is 0.306 e. The van der Waals surface area contributed by atoms with Crippen LogP contribution in [-0.4, -0.2) is 54.2 Å². The largest absolute Gasteiger partial charge is 0.456 e. The van der Waals surface area contributed by atoms with Gasteiger partial charge in [-0.05, 0) is 19.3 Å². The number of esters is 3. The fourth-order valence-electron chi connectivity index (χ4n) is 2.39. The predicted molar refractivity (Wildman–Crippen MR) is 86.3 cm³/mol. The van der Waals surface area contributed by atoms with Crippen molar-refractivity contribution in [3.05, 3.63) is 0 Å². The molecule has 0 aromatic carbocycles. The normalized spacial score (nSPS) is 25.9. The van der Waals surface area contributed by atoms with Crippen molar-refractivity contribution >= 4 is 17.9 Å². The summed E-state index contributed by atoms with van der Waals surface area (Å²) in [6.07, 6.45) is -2.48. The van der Waals surface area contributed by atoms with E-state index in [1.165, 1.54) is 0 Å². The molecule has 1 fully saturated rings. The number of aliphatic hydroxyl groups excluding tert-OH is 1. The van der Waals surface area contributed by atoms with E-state index in [9.17, 15) is 19.5 Å². The summed E-state index contributed by atoms with van der Waals surface area (Å²) in [7, 11) is 0. The monoisotopic (exact) mass is 360 g/mol. The highest BCUT2D eigenvalue weighted by Gasteiger charge is 2.46. The van der Waals surface area contributed by atoms with Gasteiger partial charge in [0.05, 0.1) is 6.61 Å². The van der Waals surface area contributed by atoms with Gasteiger partial charge in [-0.15, -0.1) is 0 Å². The van der Waals surface area contributed by atoms with Crippen LogP contribution in [0.4, 0.5) is 0 Å². The predicted octanol–water partition coefficient (Wildman–Crippen LogP) is 1.47. The molecule has 144 valence electrons. The first-order chi connectivity index (χ1) is 11.9. The second-order valence-corrected chi connectivity index (χ2v) is 5.91. The molecule has 25 heavy (non-hydrogen) atoms. The Labute approximate surface area is 147 Å². The molecule has 1 aliphatic rings. The molecule has 0 spiro atoms. The Morgan fingerprint density at radius 3 is 1.76 bits per heavy atom. The van der Waals surface area contributed by atoms with Gasteiger partial charge in [0.2, 0.25) is 0 Å². The van der Waals surface area contributed by atoms with Gasteiger partial charge in [-0.25, -0.2) is 0 Å². The Morgan fingerprint density at radius 2 is 1.28 bits per heavy atom. The van der Waals surface area contributed by atoms with Gasteiger partial charge in [0.1, 0.15) is 0 Å². The van der Waals surface area contributed by atoms with E-state index in [0.717, 1.165) is 0 Å².